The fourth-order valence-corrected chi connectivity index (χ4v) is 16.3. The van der Waals surface area contributed by atoms with Crippen LogP contribution in [0.2, 0.25) is 0 Å². The number of aliphatic imine (C=N–C) groups is 1. The fraction of sp³-hybridized carbons (Fsp3) is 0.447. The van der Waals surface area contributed by atoms with E-state index in [9.17, 15) is 78.3 Å². The number of aliphatic hydroxyl groups excluding tert-OH is 2. The molecule has 0 saturated heterocycles. The van der Waals surface area contributed by atoms with Crippen LogP contribution in [0.5, 0.6) is 0 Å². The van der Waals surface area contributed by atoms with Gasteiger partial charge in [0.1, 0.15) is 42.9 Å². The van der Waals surface area contributed by atoms with E-state index in [4.69, 9.17) is 25.7 Å². The number of hydrogen-bond donors (Lipinski definition) is 7. The highest BCUT2D eigenvalue weighted by atomic mass is 35.5. The molecule has 0 amide bonds. The number of nitrogens with zero attached hydrogens (tertiary/aromatic N) is 1. The van der Waals surface area contributed by atoms with Crippen LogP contribution in [0.3, 0.4) is 0 Å². The number of ketones is 5. The minimum atomic E-state index is -1.02. The van der Waals surface area contributed by atoms with Gasteiger partial charge in [-0.3, -0.25) is 57.7 Å². The predicted molar refractivity (Wildman–Crippen MR) is 450 cm³/mol. The fourth-order valence-electron chi connectivity index (χ4n) is 16.3. The number of aliphatic hydroxyl groups is 2. The first-order valence-corrected chi connectivity index (χ1v) is 40.2. The molecular weight excluding hydrogens is 1510 g/mol. The van der Waals surface area contributed by atoms with E-state index in [0.29, 0.717) is 114 Å². The largest absolute Gasteiger partial charge is 0.511 e. The SMILES string of the molecule is CC(=NCCCC[C@H](CC(=O)OCC1c2ccccc2-c2ccccc21)C(=O)O)C1=C(O)CC(C)(C)CC1=O.CC(=O)C1=C(O)CC(C)(C)CC1=O.CC1(C)CC(=O)CC(=O)C1.Cl.NCCCC[C@H](CC(=O)OCC1c2ccccc2-c2ccccc21)C(=O)O.NCCCC[C@H](CC(=O)OCC1c2ccccc2-c2ccccc21)C(=O)O. The molecule has 0 spiro atoms. The van der Waals surface area contributed by atoms with Crippen LogP contribution in [-0.4, -0.2) is 135 Å². The van der Waals surface area contributed by atoms with Gasteiger partial charge in [-0.05, 0) is 148 Å². The lowest BCUT2D eigenvalue weighted by Crippen LogP contribution is -2.28. The van der Waals surface area contributed by atoms with Gasteiger partial charge < -0.3 is 51.2 Å². The third-order valence-corrected chi connectivity index (χ3v) is 21.9. The summed E-state index contributed by atoms with van der Waals surface area (Å²) in [5, 5.41) is 48.1. The smallest absolute Gasteiger partial charge is 0.307 e. The number of Topliss-reactive ketones (excluding diaryl/α,β-unsaturated/α-hetero) is 5. The van der Waals surface area contributed by atoms with Crippen molar-refractivity contribution in [1.82, 2.24) is 0 Å². The van der Waals surface area contributed by atoms with Crippen LogP contribution in [0, 0.1) is 34.0 Å². The quantitative estimate of drug-likeness (QED) is 0.00550. The molecule has 1 saturated carbocycles. The van der Waals surface area contributed by atoms with E-state index < -0.39 is 53.6 Å². The van der Waals surface area contributed by atoms with Crippen molar-refractivity contribution in [3.8, 4) is 33.4 Å². The summed E-state index contributed by atoms with van der Waals surface area (Å²) in [4.78, 5) is 133. The van der Waals surface area contributed by atoms with Gasteiger partial charge in [0.2, 0.25) is 0 Å². The maximum atomic E-state index is 12.6. The van der Waals surface area contributed by atoms with E-state index in [0.717, 1.165) is 57.3 Å². The molecule has 0 unspecified atom stereocenters. The lowest BCUT2D eigenvalue weighted by molar-refractivity contribution is -0.152. The molecule has 0 bridgehead atoms. The molecular formula is C94H114ClN3O19. The van der Waals surface area contributed by atoms with Gasteiger partial charge in [0.25, 0.3) is 0 Å². The Balaban J connectivity index is 0.000000215. The summed E-state index contributed by atoms with van der Waals surface area (Å²) in [5.41, 5.74) is 24.9. The third-order valence-electron chi connectivity index (χ3n) is 21.9. The number of aliphatic carboxylic acids is 3. The molecule has 0 aromatic heterocycles. The van der Waals surface area contributed by atoms with Crippen LogP contribution in [0.1, 0.15) is 229 Å². The van der Waals surface area contributed by atoms with Crippen molar-refractivity contribution in [1.29, 1.82) is 0 Å². The number of carbonyl (C=O) groups excluding carboxylic acids is 8. The highest BCUT2D eigenvalue weighted by Crippen LogP contribution is 2.48. The summed E-state index contributed by atoms with van der Waals surface area (Å²) in [5.74, 6) is -7.16. The number of carbonyl (C=O) groups is 11. The molecule has 0 heterocycles. The first kappa shape index (κ1) is 93.6. The van der Waals surface area contributed by atoms with Crippen molar-refractivity contribution in [2.75, 3.05) is 39.5 Å². The van der Waals surface area contributed by atoms with Crippen LogP contribution in [0.25, 0.3) is 33.4 Å². The summed E-state index contributed by atoms with van der Waals surface area (Å²) >= 11 is 0. The second kappa shape index (κ2) is 43.6. The van der Waals surface area contributed by atoms with E-state index in [1.165, 1.54) is 29.2 Å². The molecule has 1 fully saturated rings. The standard InChI is InChI=1S/C32H37NO6.2C22H25NO4.C10H14O3.C8H12O2.ClH/c1-20(30-27(34)17-32(2,3)18-28(30)35)33-15-9-8-10-21(31(37)38)16-29(36)39-19-26-24-13-6-4-11-22(24)23-12-5-7-14-25(23)26;2*23-12-6-5-7-15(22(25)26)13-21(24)27-14-20-18-10-3-1-8-16(18)17-9-2-4-11-19(17)20;1-6(11)9-7(12)4-10(2,3)5-8(9)13;1-8(2)4-6(9)3-7(10)5-8;/h4-7,11-14,21,26,34H,8-10,15-19H2,1-3H3,(H,37,38);2*1-4,8-11,15,20H,5-7,12-14,23H2,(H,25,26);12H,4-5H2,1-3H3;3-5H2,1-2H3;1H/t21-;2*15-;;;/m111.../s1. The van der Waals surface area contributed by atoms with Crippen LogP contribution >= 0.6 is 12.4 Å². The van der Waals surface area contributed by atoms with Crippen LogP contribution in [-0.2, 0) is 67.0 Å². The maximum absolute atomic E-state index is 12.6. The number of allylic oxidation sites excluding steroid dienone is 4. The first-order chi connectivity index (χ1) is 55.1. The second-order valence-corrected chi connectivity index (χ2v) is 33.3. The van der Waals surface area contributed by atoms with Gasteiger partial charge in [0.15, 0.2) is 17.3 Å². The maximum Gasteiger partial charge on any atom is 0.307 e. The van der Waals surface area contributed by atoms with Crippen molar-refractivity contribution < 1.29 is 92.5 Å². The first-order valence-electron chi connectivity index (χ1n) is 40.2. The minimum Gasteiger partial charge on any atom is -0.511 e. The van der Waals surface area contributed by atoms with E-state index in [-0.39, 0.29) is 138 Å². The summed E-state index contributed by atoms with van der Waals surface area (Å²) in [6.45, 7) is 16.7. The number of benzene rings is 6. The highest BCUT2D eigenvalue weighted by Gasteiger charge is 2.38. The molecule has 6 aliphatic rings. The average molecular weight is 1630 g/mol. The zero-order valence-electron chi connectivity index (χ0n) is 68.5. The zero-order valence-corrected chi connectivity index (χ0v) is 69.3. The number of hydrogen-bond acceptors (Lipinski definition) is 19. The lowest BCUT2D eigenvalue weighted by atomic mass is 9.76. The van der Waals surface area contributed by atoms with Crippen molar-refractivity contribution in [2.24, 2.45) is 50.5 Å². The minimum absolute atomic E-state index is 0. The summed E-state index contributed by atoms with van der Waals surface area (Å²) in [6.07, 6.45) is 7.79. The molecule has 626 valence electrons. The summed E-state index contributed by atoms with van der Waals surface area (Å²) < 4.78 is 16.6. The highest BCUT2D eigenvalue weighted by molar-refractivity contribution is 6.22. The predicted octanol–water partition coefficient (Wildman–Crippen LogP) is 16.9. The molecule has 3 atom stereocenters. The van der Waals surface area contributed by atoms with Gasteiger partial charge in [0, 0.05) is 68.5 Å². The number of unbranched alkanes of at least 4 members (excludes halogenated alkanes) is 3. The number of nitrogens with two attached hydrogens (primary N) is 2. The number of halogens is 1. The Morgan fingerprint density at radius 1 is 0.402 bits per heavy atom. The Bertz CT molecular complexity index is 4390. The third kappa shape index (κ3) is 26.5. The van der Waals surface area contributed by atoms with Crippen molar-refractivity contribution in [3.05, 3.63) is 202 Å². The Kier molecular flexibility index (Phi) is 34.9. The van der Waals surface area contributed by atoms with E-state index in [2.05, 4.69) is 65.7 Å². The number of ether oxygens (including phenoxy) is 3. The molecule has 9 N–H and O–H groups in total. The Morgan fingerprint density at radius 2 is 0.667 bits per heavy atom. The molecule has 0 radical (unpaired) electrons. The van der Waals surface area contributed by atoms with E-state index in [1.54, 1.807) is 6.92 Å². The molecule has 6 aliphatic carbocycles. The normalized spacial score (nSPS) is 16.7. The number of carboxylic acids is 3. The average Bonchev–Trinajstić information content (AvgIpc) is 1.59. The van der Waals surface area contributed by atoms with Crippen LogP contribution in [0.4, 0.5) is 0 Å². The summed E-state index contributed by atoms with van der Waals surface area (Å²) in [6, 6.07) is 48.6. The Hall–Kier alpha value is -10.6. The molecule has 6 aromatic rings. The number of esters is 3. The Morgan fingerprint density at radius 3 is 0.923 bits per heavy atom. The van der Waals surface area contributed by atoms with Crippen molar-refractivity contribution in [3.63, 3.8) is 0 Å². The molecule has 0 aliphatic heterocycles. The van der Waals surface area contributed by atoms with Gasteiger partial charge in [-0.2, -0.15) is 0 Å². The molecule has 12 rings (SSSR count). The molecule has 23 heteroatoms. The number of carboxylic acid groups (broad SMARTS) is 3. The molecule has 6 aromatic carbocycles. The number of fused-ring (bicyclic) bond motifs is 9. The zero-order chi connectivity index (χ0) is 84.6. The summed E-state index contributed by atoms with van der Waals surface area (Å²) in [7, 11) is 0. The van der Waals surface area contributed by atoms with Crippen LogP contribution in [0.15, 0.2) is 173 Å². The van der Waals surface area contributed by atoms with Gasteiger partial charge in [-0.25, -0.2) is 0 Å². The lowest BCUT2D eigenvalue weighted by Gasteiger charge is -2.29. The van der Waals surface area contributed by atoms with E-state index in [1.807, 2.05) is 126 Å². The van der Waals surface area contributed by atoms with Gasteiger partial charge in [0.05, 0.1) is 54.6 Å². The van der Waals surface area contributed by atoms with Crippen molar-refractivity contribution in [2.45, 2.75) is 195 Å². The van der Waals surface area contributed by atoms with Gasteiger partial charge >= 0.3 is 35.8 Å². The van der Waals surface area contributed by atoms with Gasteiger partial charge in [-0.1, -0.05) is 206 Å². The monoisotopic (exact) mass is 1620 g/mol. The second-order valence-electron chi connectivity index (χ2n) is 33.3. The van der Waals surface area contributed by atoms with E-state index >= 15 is 0 Å². The topological polar surface area (TPSA) is 381 Å². The molecule has 22 nitrogen and oxygen atoms in total. The van der Waals surface area contributed by atoms with Crippen molar-refractivity contribution >= 4 is 82.9 Å². The van der Waals surface area contributed by atoms with Crippen LogP contribution < -0.4 is 11.5 Å². The Labute approximate surface area is 691 Å². The molecule has 117 heavy (non-hydrogen) atoms. The van der Waals surface area contributed by atoms with Gasteiger partial charge in [-0.15, -0.1) is 12.4 Å². The number of rotatable bonds is 30.